The second-order valence-electron chi connectivity index (χ2n) is 4.13. The van der Waals surface area contributed by atoms with Crippen LogP contribution < -0.4 is 19.3 Å². The standard InChI is InChI=1S/C15H18O7/c1-19-11-6-5-9(13(20-2)14(11)21-3)7-10(8-12(16)17)15(18)22-4/h5-7H,8H2,1-4H3,(H,16,17)/p-1. The Kier molecular flexibility index (Phi) is 6.25. The van der Waals surface area contributed by atoms with Gasteiger partial charge in [0.15, 0.2) is 11.5 Å². The van der Waals surface area contributed by atoms with E-state index in [-0.39, 0.29) is 5.57 Å². The second kappa shape index (κ2) is 7.92. The molecule has 0 radical (unpaired) electrons. The fourth-order valence-corrected chi connectivity index (χ4v) is 1.89. The lowest BCUT2D eigenvalue weighted by molar-refractivity contribution is -0.304. The Hall–Kier alpha value is -2.70. The van der Waals surface area contributed by atoms with E-state index in [4.69, 9.17) is 14.2 Å². The third kappa shape index (κ3) is 3.91. The molecule has 0 aromatic heterocycles. The maximum absolute atomic E-state index is 11.7. The Morgan fingerprint density at radius 1 is 1.05 bits per heavy atom. The minimum Gasteiger partial charge on any atom is -0.550 e. The molecule has 0 unspecified atom stereocenters. The molecule has 0 N–H and O–H groups in total. The molecule has 0 spiro atoms. The first-order valence-corrected chi connectivity index (χ1v) is 6.26. The van der Waals surface area contributed by atoms with Gasteiger partial charge in [-0.05, 0) is 18.2 Å². The van der Waals surface area contributed by atoms with E-state index >= 15 is 0 Å². The van der Waals surface area contributed by atoms with Crippen LogP contribution in [0.15, 0.2) is 17.7 Å². The number of hydrogen-bond donors (Lipinski definition) is 0. The van der Waals surface area contributed by atoms with Crippen LogP contribution in [0.3, 0.4) is 0 Å². The number of carboxylic acid groups (broad SMARTS) is 1. The summed E-state index contributed by atoms with van der Waals surface area (Å²) in [6.45, 7) is 0. The Morgan fingerprint density at radius 2 is 1.68 bits per heavy atom. The van der Waals surface area contributed by atoms with E-state index in [2.05, 4.69) is 4.74 Å². The summed E-state index contributed by atoms with van der Waals surface area (Å²) >= 11 is 0. The Balaban J connectivity index is 3.42. The number of hydrogen-bond acceptors (Lipinski definition) is 7. The molecule has 0 aliphatic rings. The number of ether oxygens (including phenoxy) is 4. The first-order valence-electron chi connectivity index (χ1n) is 6.26. The lowest BCUT2D eigenvalue weighted by atomic mass is 10.1. The highest BCUT2D eigenvalue weighted by molar-refractivity contribution is 5.98. The minimum absolute atomic E-state index is 0.0759. The Bertz CT molecular complexity index is 590. The molecule has 0 heterocycles. The van der Waals surface area contributed by atoms with Gasteiger partial charge in [-0.2, -0.15) is 0 Å². The average Bonchev–Trinajstić information content (AvgIpc) is 2.52. The largest absolute Gasteiger partial charge is 0.550 e. The number of carbonyl (C=O) groups excluding carboxylic acids is 2. The quantitative estimate of drug-likeness (QED) is 0.532. The van der Waals surface area contributed by atoms with Crippen LogP contribution in [0.25, 0.3) is 6.08 Å². The highest BCUT2D eigenvalue weighted by Crippen LogP contribution is 2.40. The molecule has 7 nitrogen and oxygen atoms in total. The maximum Gasteiger partial charge on any atom is 0.334 e. The molecule has 120 valence electrons. The number of rotatable bonds is 7. The van der Waals surface area contributed by atoms with Crippen molar-refractivity contribution in [3.8, 4) is 17.2 Å². The van der Waals surface area contributed by atoms with Crippen LogP contribution >= 0.6 is 0 Å². The van der Waals surface area contributed by atoms with Gasteiger partial charge in [0, 0.05) is 23.5 Å². The van der Waals surface area contributed by atoms with Crippen molar-refractivity contribution in [2.45, 2.75) is 6.42 Å². The van der Waals surface area contributed by atoms with Crippen molar-refractivity contribution in [1.82, 2.24) is 0 Å². The van der Waals surface area contributed by atoms with Crippen molar-refractivity contribution in [1.29, 1.82) is 0 Å². The summed E-state index contributed by atoms with van der Waals surface area (Å²) in [6, 6.07) is 3.22. The number of carbonyl (C=O) groups is 2. The molecule has 0 atom stereocenters. The van der Waals surface area contributed by atoms with Gasteiger partial charge >= 0.3 is 5.97 Å². The van der Waals surface area contributed by atoms with E-state index in [1.54, 1.807) is 12.1 Å². The maximum atomic E-state index is 11.7. The van der Waals surface area contributed by atoms with Crippen LogP contribution in [-0.2, 0) is 14.3 Å². The summed E-state index contributed by atoms with van der Waals surface area (Å²) < 4.78 is 20.2. The third-order valence-electron chi connectivity index (χ3n) is 2.85. The van der Waals surface area contributed by atoms with Crippen molar-refractivity contribution >= 4 is 18.0 Å². The van der Waals surface area contributed by atoms with Gasteiger partial charge in [-0.15, -0.1) is 0 Å². The first-order chi connectivity index (χ1) is 10.5. The number of carboxylic acids is 1. The van der Waals surface area contributed by atoms with Crippen molar-refractivity contribution in [2.75, 3.05) is 28.4 Å². The monoisotopic (exact) mass is 309 g/mol. The molecule has 0 aliphatic carbocycles. The summed E-state index contributed by atoms with van der Waals surface area (Å²) in [4.78, 5) is 22.4. The van der Waals surface area contributed by atoms with Crippen LogP contribution in [0.4, 0.5) is 0 Å². The van der Waals surface area contributed by atoms with Gasteiger partial charge in [0.05, 0.1) is 28.4 Å². The predicted molar refractivity (Wildman–Crippen MR) is 75.7 cm³/mol. The van der Waals surface area contributed by atoms with Crippen LogP contribution in [-0.4, -0.2) is 40.4 Å². The third-order valence-corrected chi connectivity index (χ3v) is 2.85. The molecule has 22 heavy (non-hydrogen) atoms. The summed E-state index contributed by atoms with van der Waals surface area (Å²) in [7, 11) is 5.50. The number of esters is 1. The summed E-state index contributed by atoms with van der Waals surface area (Å²) in [5, 5.41) is 10.8. The van der Waals surface area contributed by atoms with Crippen LogP contribution in [0, 0.1) is 0 Å². The Morgan fingerprint density at radius 3 is 2.14 bits per heavy atom. The van der Waals surface area contributed by atoms with Gasteiger partial charge in [0.2, 0.25) is 5.75 Å². The minimum atomic E-state index is -1.39. The molecule has 0 amide bonds. The molecule has 1 aromatic carbocycles. The number of aliphatic carboxylic acids is 1. The van der Waals surface area contributed by atoms with Crippen molar-refractivity contribution in [3.05, 3.63) is 23.3 Å². The zero-order chi connectivity index (χ0) is 16.7. The molecule has 1 aromatic rings. The van der Waals surface area contributed by atoms with Crippen molar-refractivity contribution < 1.29 is 33.6 Å². The fraction of sp³-hybridized carbons (Fsp3) is 0.333. The smallest absolute Gasteiger partial charge is 0.334 e. The van der Waals surface area contributed by atoms with Gasteiger partial charge in [-0.25, -0.2) is 4.79 Å². The summed E-state index contributed by atoms with van der Waals surface area (Å²) in [6.07, 6.45) is 0.770. The molecule has 0 bridgehead atoms. The van der Waals surface area contributed by atoms with Crippen LogP contribution in [0.2, 0.25) is 0 Å². The lowest BCUT2D eigenvalue weighted by Crippen LogP contribution is -2.24. The van der Waals surface area contributed by atoms with Gasteiger partial charge in [0.25, 0.3) is 0 Å². The second-order valence-corrected chi connectivity index (χ2v) is 4.13. The average molecular weight is 309 g/mol. The van der Waals surface area contributed by atoms with E-state index in [1.807, 2.05) is 0 Å². The molecule has 0 aliphatic heterocycles. The predicted octanol–water partition coefficient (Wildman–Crippen LogP) is 0.409. The summed E-state index contributed by atoms with van der Waals surface area (Å²) in [5.41, 5.74) is 0.370. The zero-order valence-corrected chi connectivity index (χ0v) is 12.8. The molecule has 7 heteroatoms. The van der Waals surface area contributed by atoms with E-state index in [9.17, 15) is 14.7 Å². The van der Waals surface area contributed by atoms with E-state index < -0.39 is 18.4 Å². The fourth-order valence-electron chi connectivity index (χ4n) is 1.89. The van der Waals surface area contributed by atoms with E-state index in [0.29, 0.717) is 22.8 Å². The highest BCUT2D eigenvalue weighted by Gasteiger charge is 2.17. The van der Waals surface area contributed by atoms with Crippen molar-refractivity contribution in [2.24, 2.45) is 0 Å². The molecule has 0 fully saturated rings. The first kappa shape index (κ1) is 17.4. The lowest BCUT2D eigenvalue weighted by Gasteiger charge is -2.15. The Labute approximate surface area is 128 Å². The van der Waals surface area contributed by atoms with Gasteiger partial charge in [0.1, 0.15) is 0 Å². The zero-order valence-electron chi connectivity index (χ0n) is 12.8. The van der Waals surface area contributed by atoms with Crippen LogP contribution in [0.5, 0.6) is 17.2 Å². The van der Waals surface area contributed by atoms with Gasteiger partial charge < -0.3 is 28.8 Å². The SMILES string of the molecule is COC(=O)C(=Cc1ccc(OC)c(OC)c1OC)CC(=O)[O-]. The number of benzene rings is 1. The van der Waals surface area contributed by atoms with Gasteiger partial charge in [-0.1, -0.05) is 0 Å². The summed E-state index contributed by atoms with van der Waals surface area (Å²) in [5.74, 6) is -1.08. The van der Waals surface area contributed by atoms with E-state index in [1.165, 1.54) is 27.4 Å². The highest BCUT2D eigenvalue weighted by atomic mass is 16.5. The molecular weight excluding hydrogens is 292 g/mol. The van der Waals surface area contributed by atoms with E-state index in [0.717, 1.165) is 7.11 Å². The molecule has 0 saturated carbocycles. The topological polar surface area (TPSA) is 94.1 Å². The molecular formula is C15H17O7-. The van der Waals surface area contributed by atoms with Gasteiger partial charge in [-0.3, -0.25) is 0 Å². The molecule has 0 saturated heterocycles. The van der Waals surface area contributed by atoms with Crippen LogP contribution in [0.1, 0.15) is 12.0 Å². The molecule has 1 rings (SSSR count). The van der Waals surface area contributed by atoms with Crippen molar-refractivity contribution in [3.63, 3.8) is 0 Å². The number of methoxy groups -OCH3 is 4. The normalized spacial score (nSPS) is 10.8.